The second-order valence-electron chi connectivity index (χ2n) is 10.3. The van der Waals surface area contributed by atoms with Gasteiger partial charge in [0.25, 0.3) is 0 Å². The maximum Gasteiger partial charge on any atom is 0.103 e. The van der Waals surface area contributed by atoms with Crippen molar-refractivity contribution in [1.82, 2.24) is 0 Å². The summed E-state index contributed by atoms with van der Waals surface area (Å²) in [6, 6.07) is 0. The van der Waals surface area contributed by atoms with E-state index in [1.807, 2.05) is 6.92 Å². The lowest BCUT2D eigenvalue weighted by molar-refractivity contribution is 0.0897. The first-order valence-electron chi connectivity index (χ1n) is 12.2. The Kier molecular flexibility index (Phi) is 9.51. The molecule has 2 bridgehead atoms. The van der Waals surface area contributed by atoms with E-state index in [1.165, 1.54) is 38.5 Å². The third-order valence-electron chi connectivity index (χ3n) is 8.63. The largest absolute Gasteiger partial charge is 0.374 e. The molecule has 0 spiro atoms. The van der Waals surface area contributed by atoms with Crippen molar-refractivity contribution >= 4 is 0 Å². The molecule has 0 N–H and O–H groups in total. The van der Waals surface area contributed by atoms with E-state index in [9.17, 15) is 4.39 Å². The predicted molar refractivity (Wildman–Crippen MR) is 119 cm³/mol. The van der Waals surface area contributed by atoms with Gasteiger partial charge in [-0.25, -0.2) is 4.39 Å². The molecule has 4 aliphatic rings. The molecule has 0 aromatic heterocycles. The Bertz CT molecular complexity index is 459. The van der Waals surface area contributed by atoms with E-state index in [4.69, 9.17) is 4.74 Å². The second-order valence-corrected chi connectivity index (χ2v) is 10.3. The first-order chi connectivity index (χ1) is 13.3. The van der Waals surface area contributed by atoms with Gasteiger partial charge in [-0.1, -0.05) is 66.0 Å². The van der Waals surface area contributed by atoms with Crippen LogP contribution in [0.3, 0.4) is 0 Å². The summed E-state index contributed by atoms with van der Waals surface area (Å²) in [7, 11) is 0. The number of fused-ring (bicyclic) bond motifs is 2. The summed E-state index contributed by atoms with van der Waals surface area (Å²) in [5, 5.41) is 0. The Hall–Kier alpha value is -0.370. The SMILES string of the molecule is C/C=C1/CCCC(C)C1C.CC1C2CCC(O2)C1C.CC1CCCC(F)C1C. The predicted octanol–water partition coefficient (Wildman–Crippen LogP) is 7.99. The topological polar surface area (TPSA) is 9.23 Å². The summed E-state index contributed by atoms with van der Waals surface area (Å²) < 4.78 is 18.5. The maximum absolute atomic E-state index is 12.8. The van der Waals surface area contributed by atoms with Crippen LogP contribution in [0.25, 0.3) is 0 Å². The fourth-order valence-corrected chi connectivity index (χ4v) is 5.54. The molecule has 0 aromatic rings. The highest BCUT2D eigenvalue weighted by Crippen LogP contribution is 2.42. The highest BCUT2D eigenvalue weighted by molar-refractivity contribution is 5.08. The van der Waals surface area contributed by atoms with Crippen LogP contribution >= 0.6 is 0 Å². The Balaban J connectivity index is 0.000000150. The fraction of sp³-hybridized carbons (Fsp3) is 0.923. The Morgan fingerprint density at radius 3 is 1.71 bits per heavy atom. The fourth-order valence-electron chi connectivity index (χ4n) is 5.54. The molecule has 0 aromatic carbocycles. The second kappa shape index (κ2) is 11.1. The van der Waals surface area contributed by atoms with E-state index in [0.29, 0.717) is 24.0 Å². The average molecular weight is 395 g/mol. The van der Waals surface area contributed by atoms with E-state index in [-0.39, 0.29) is 0 Å². The molecule has 2 heterocycles. The average Bonchev–Trinajstić information content (AvgIpc) is 3.27. The molecule has 0 radical (unpaired) electrons. The molecule has 164 valence electrons. The van der Waals surface area contributed by atoms with Gasteiger partial charge in [-0.05, 0) is 81.0 Å². The molecule has 2 aliphatic carbocycles. The van der Waals surface area contributed by atoms with Crippen molar-refractivity contribution in [3.63, 3.8) is 0 Å². The van der Waals surface area contributed by atoms with Gasteiger partial charge in [0.2, 0.25) is 0 Å². The molecule has 9 unspecified atom stereocenters. The van der Waals surface area contributed by atoms with Crippen LogP contribution in [0, 0.1) is 35.5 Å². The normalized spacial score (nSPS) is 46.4. The van der Waals surface area contributed by atoms with Gasteiger partial charge in [0.05, 0.1) is 12.2 Å². The van der Waals surface area contributed by atoms with E-state index >= 15 is 0 Å². The number of alkyl halides is 1. The summed E-state index contributed by atoms with van der Waals surface area (Å²) in [5.41, 5.74) is 1.68. The molecule has 2 aliphatic heterocycles. The van der Waals surface area contributed by atoms with Crippen molar-refractivity contribution in [3.05, 3.63) is 11.6 Å². The van der Waals surface area contributed by atoms with E-state index in [0.717, 1.165) is 36.5 Å². The minimum atomic E-state index is -0.520. The molecule has 9 atom stereocenters. The lowest BCUT2D eigenvalue weighted by Gasteiger charge is -2.28. The molecule has 28 heavy (non-hydrogen) atoms. The Labute approximate surface area is 174 Å². The summed E-state index contributed by atoms with van der Waals surface area (Å²) in [6.07, 6.45) is 12.9. The minimum Gasteiger partial charge on any atom is -0.374 e. The highest BCUT2D eigenvalue weighted by atomic mass is 19.1. The van der Waals surface area contributed by atoms with Crippen LogP contribution in [0.2, 0.25) is 0 Å². The van der Waals surface area contributed by atoms with Gasteiger partial charge < -0.3 is 4.74 Å². The lowest BCUT2D eigenvalue weighted by atomic mass is 9.78. The smallest absolute Gasteiger partial charge is 0.103 e. The molecule has 2 saturated carbocycles. The molecule has 1 nitrogen and oxygen atoms in total. The van der Waals surface area contributed by atoms with Crippen LogP contribution in [0.15, 0.2) is 11.6 Å². The van der Waals surface area contributed by atoms with Crippen molar-refractivity contribution in [1.29, 1.82) is 0 Å². The first-order valence-corrected chi connectivity index (χ1v) is 12.2. The zero-order valence-electron chi connectivity index (χ0n) is 19.7. The first kappa shape index (κ1) is 23.9. The number of ether oxygens (including phenoxy) is 1. The van der Waals surface area contributed by atoms with E-state index in [2.05, 4.69) is 47.6 Å². The van der Waals surface area contributed by atoms with Gasteiger partial charge in [0.1, 0.15) is 6.17 Å². The zero-order chi connectivity index (χ0) is 20.8. The molecule has 2 saturated heterocycles. The standard InChI is InChI=1S/C10H18.C8H15F.C8H14O/c1-4-10-7-5-6-8(2)9(10)3;1-6-4-3-5-8(9)7(6)2;1-5-6(2)8-4-3-7(5)9-8/h4,8-9H,5-7H2,1-3H3;6-8H,3-5H2,1-2H3;5-8H,3-4H2,1-2H3/b10-4-;;. The van der Waals surface area contributed by atoms with E-state index in [1.54, 1.807) is 5.57 Å². The number of rotatable bonds is 0. The summed E-state index contributed by atoms with van der Waals surface area (Å²) >= 11 is 0. The van der Waals surface area contributed by atoms with Crippen molar-refractivity contribution < 1.29 is 9.13 Å². The monoisotopic (exact) mass is 394 g/mol. The maximum atomic E-state index is 12.8. The van der Waals surface area contributed by atoms with Gasteiger partial charge in [0, 0.05) is 0 Å². The van der Waals surface area contributed by atoms with Crippen molar-refractivity contribution in [2.45, 2.75) is 118 Å². The zero-order valence-corrected chi connectivity index (χ0v) is 19.7. The third kappa shape index (κ3) is 6.07. The van der Waals surface area contributed by atoms with Gasteiger partial charge in [-0.3, -0.25) is 0 Å². The van der Waals surface area contributed by atoms with Crippen LogP contribution < -0.4 is 0 Å². The quantitative estimate of drug-likeness (QED) is 0.378. The van der Waals surface area contributed by atoms with Crippen LogP contribution in [-0.2, 0) is 4.74 Å². The molecular weight excluding hydrogens is 347 g/mol. The molecular formula is C26H47FO. The molecule has 2 heteroatoms. The van der Waals surface area contributed by atoms with Crippen LogP contribution in [-0.4, -0.2) is 18.4 Å². The third-order valence-corrected chi connectivity index (χ3v) is 8.63. The van der Waals surface area contributed by atoms with Crippen molar-refractivity contribution in [2.75, 3.05) is 0 Å². The summed E-state index contributed by atoms with van der Waals surface area (Å²) in [4.78, 5) is 0. The van der Waals surface area contributed by atoms with E-state index < -0.39 is 6.17 Å². The van der Waals surface area contributed by atoms with Crippen LogP contribution in [0.4, 0.5) is 4.39 Å². The number of hydrogen-bond donors (Lipinski definition) is 0. The molecule has 4 fully saturated rings. The molecule has 0 amide bonds. The van der Waals surface area contributed by atoms with Gasteiger partial charge in [0.15, 0.2) is 0 Å². The van der Waals surface area contributed by atoms with Gasteiger partial charge in [-0.15, -0.1) is 0 Å². The minimum absolute atomic E-state index is 0.304. The highest BCUT2D eigenvalue weighted by Gasteiger charge is 2.43. The number of hydrogen-bond acceptors (Lipinski definition) is 1. The molecule has 4 rings (SSSR count). The Morgan fingerprint density at radius 1 is 0.750 bits per heavy atom. The van der Waals surface area contributed by atoms with Crippen LogP contribution in [0.1, 0.15) is 99.8 Å². The van der Waals surface area contributed by atoms with Crippen molar-refractivity contribution in [3.8, 4) is 0 Å². The van der Waals surface area contributed by atoms with Gasteiger partial charge >= 0.3 is 0 Å². The summed E-state index contributed by atoms with van der Waals surface area (Å²) in [5.74, 6) is 4.32. The Morgan fingerprint density at radius 2 is 1.32 bits per heavy atom. The van der Waals surface area contributed by atoms with Gasteiger partial charge in [-0.2, -0.15) is 0 Å². The van der Waals surface area contributed by atoms with Crippen molar-refractivity contribution in [2.24, 2.45) is 35.5 Å². The van der Waals surface area contributed by atoms with Crippen LogP contribution in [0.5, 0.6) is 0 Å². The number of halogens is 1. The summed E-state index contributed by atoms with van der Waals surface area (Å²) in [6.45, 7) is 15.7. The number of allylic oxidation sites excluding steroid dienone is 2. The lowest BCUT2D eigenvalue weighted by Crippen LogP contribution is -2.24.